The molecule has 1 aliphatic rings. The molecule has 6 heteroatoms. The number of benzene rings is 2. The summed E-state index contributed by atoms with van der Waals surface area (Å²) in [6.07, 6.45) is 1.73. The SMILES string of the molecule is O=C(NC(c1ccc(Cl)cc1)c1ccsc1)C1CCN(Cc2cccc(Cl)c2)CC1. The van der Waals surface area contributed by atoms with Gasteiger partial charge in [0.2, 0.25) is 5.91 Å². The second-order valence-electron chi connectivity index (χ2n) is 7.73. The third kappa shape index (κ3) is 5.44. The molecule has 3 nitrogen and oxygen atoms in total. The largest absolute Gasteiger partial charge is 0.345 e. The van der Waals surface area contributed by atoms with Crippen LogP contribution < -0.4 is 5.32 Å². The Morgan fingerprint density at radius 1 is 1.03 bits per heavy atom. The van der Waals surface area contributed by atoms with Gasteiger partial charge in [-0.05, 0) is 83.7 Å². The quantitative estimate of drug-likeness (QED) is 0.478. The molecule has 3 aromatic rings. The van der Waals surface area contributed by atoms with Gasteiger partial charge in [-0.2, -0.15) is 11.3 Å². The van der Waals surface area contributed by atoms with E-state index in [1.54, 1.807) is 11.3 Å². The van der Waals surface area contributed by atoms with Crippen LogP contribution in [0.3, 0.4) is 0 Å². The summed E-state index contributed by atoms with van der Waals surface area (Å²) in [5.41, 5.74) is 3.37. The molecule has 1 aliphatic heterocycles. The molecule has 0 aliphatic carbocycles. The Labute approximate surface area is 191 Å². The maximum Gasteiger partial charge on any atom is 0.223 e. The number of nitrogens with zero attached hydrogens (tertiary/aromatic N) is 1. The molecule has 0 spiro atoms. The van der Waals surface area contributed by atoms with Crippen LogP contribution in [0.1, 0.15) is 35.6 Å². The molecule has 1 N–H and O–H groups in total. The average Bonchev–Trinajstić information content (AvgIpc) is 3.28. The molecule has 1 amide bonds. The van der Waals surface area contributed by atoms with Crippen LogP contribution in [-0.4, -0.2) is 23.9 Å². The summed E-state index contributed by atoms with van der Waals surface area (Å²) in [5.74, 6) is 0.164. The Balaban J connectivity index is 1.37. The van der Waals surface area contributed by atoms with Crippen LogP contribution in [0, 0.1) is 5.92 Å². The van der Waals surface area contributed by atoms with E-state index in [0.717, 1.165) is 48.6 Å². The van der Waals surface area contributed by atoms with Crippen molar-refractivity contribution >= 4 is 40.4 Å². The Morgan fingerprint density at radius 2 is 1.80 bits per heavy atom. The number of likely N-dealkylation sites (tertiary alicyclic amines) is 1. The fraction of sp³-hybridized carbons (Fsp3) is 0.292. The number of hydrogen-bond acceptors (Lipinski definition) is 3. The Morgan fingerprint density at radius 3 is 2.47 bits per heavy atom. The van der Waals surface area contributed by atoms with Crippen LogP contribution in [0.5, 0.6) is 0 Å². The molecule has 2 aromatic carbocycles. The Hall–Kier alpha value is -1.85. The van der Waals surface area contributed by atoms with Crippen molar-refractivity contribution in [2.45, 2.75) is 25.4 Å². The summed E-state index contributed by atoms with van der Waals surface area (Å²) < 4.78 is 0. The molecule has 1 unspecified atom stereocenters. The first-order valence-electron chi connectivity index (χ1n) is 10.1. The first kappa shape index (κ1) is 21.4. The van der Waals surface area contributed by atoms with Gasteiger partial charge in [-0.15, -0.1) is 0 Å². The van der Waals surface area contributed by atoms with Gasteiger partial charge in [0, 0.05) is 22.5 Å². The van der Waals surface area contributed by atoms with Crippen molar-refractivity contribution in [1.82, 2.24) is 10.2 Å². The van der Waals surface area contributed by atoms with Crippen molar-refractivity contribution < 1.29 is 4.79 Å². The Kier molecular flexibility index (Phi) is 7.11. The number of amides is 1. The molecule has 1 atom stereocenters. The summed E-state index contributed by atoms with van der Waals surface area (Å²) in [5, 5.41) is 8.88. The number of hydrogen-bond donors (Lipinski definition) is 1. The zero-order valence-corrected chi connectivity index (χ0v) is 18.9. The number of nitrogens with one attached hydrogen (secondary N) is 1. The lowest BCUT2D eigenvalue weighted by atomic mass is 9.94. The zero-order valence-electron chi connectivity index (χ0n) is 16.6. The highest BCUT2D eigenvalue weighted by Crippen LogP contribution is 2.27. The molecule has 0 bridgehead atoms. The van der Waals surface area contributed by atoms with Gasteiger partial charge in [-0.1, -0.05) is 47.5 Å². The Bertz CT molecular complexity index is 967. The van der Waals surface area contributed by atoms with Crippen LogP contribution in [0.25, 0.3) is 0 Å². The van der Waals surface area contributed by atoms with Crippen molar-refractivity contribution in [3.05, 3.63) is 92.1 Å². The van der Waals surface area contributed by atoms with Gasteiger partial charge in [0.25, 0.3) is 0 Å². The molecule has 30 heavy (non-hydrogen) atoms. The fourth-order valence-corrected chi connectivity index (χ4v) is 4.99. The van der Waals surface area contributed by atoms with Gasteiger partial charge in [0.05, 0.1) is 6.04 Å². The fourth-order valence-electron chi connectivity index (χ4n) is 3.96. The minimum atomic E-state index is -0.148. The molecule has 1 aromatic heterocycles. The number of halogens is 2. The topological polar surface area (TPSA) is 32.3 Å². The summed E-state index contributed by atoms with van der Waals surface area (Å²) in [6.45, 7) is 2.69. The number of carbonyl (C=O) groups is 1. The molecule has 4 rings (SSSR count). The van der Waals surface area contributed by atoms with E-state index in [-0.39, 0.29) is 17.9 Å². The molecule has 0 radical (unpaired) electrons. The first-order chi connectivity index (χ1) is 14.6. The van der Waals surface area contributed by atoms with Crippen LogP contribution in [0.15, 0.2) is 65.4 Å². The number of rotatable bonds is 6. The lowest BCUT2D eigenvalue weighted by Gasteiger charge is -2.32. The minimum Gasteiger partial charge on any atom is -0.345 e. The molecular weight excluding hydrogens is 435 g/mol. The predicted octanol–water partition coefficient (Wildman–Crippen LogP) is 6.17. The van der Waals surface area contributed by atoms with E-state index in [1.807, 2.05) is 47.8 Å². The molecule has 2 heterocycles. The molecule has 1 fully saturated rings. The van der Waals surface area contributed by atoms with E-state index in [0.29, 0.717) is 5.02 Å². The van der Waals surface area contributed by atoms with Crippen molar-refractivity contribution in [3.8, 4) is 0 Å². The summed E-state index contributed by atoms with van der Waals surface area (Å²) >= 11 is 13.8. The number of carbonyl (C=O) groups excluding carboxylic acids is 1. The third-order valence-electron chi connectivity index (χ3n) is 5.62. The maximum atomic E-state index is 13.1. The lowest BCUT2D eigenvalue weighted by molar-refractivity contribution is -0.127. The summed E-state index contributed by atoms with van der Waals surface area (Å²) in [6, 6.07) is 17.6. The maximum absolute atomic E-state index is 13.1. The molecule has 1 saturated heterocycles. The normalized spacial score (nSPS) is 16.3. The minimum absolute atomic E-state index is 0.0362. The van der Waals surface area contributed by atoms with Crippen molar-refractivity contribution in [1.29, 1.82) is 0 Å². The average molecular weight is 459 g/mol. The molecule has 156 valence electrons. The monoisotopic (exact) mass is 458 g/mol. The third-order valence-corrected chi connectivity index (χ3v) is 6.81. The number of thiophene rings is 1. The van der Waals surface area contributed by atoms with Crippen molar-refractivity contribution in [2.75, 3.05) is 13.1 Å². The highest BCUT2D eigenvalue weighted by atomic mass is 35.5. The highest BCUT2D eigenvalue weighted by Gasteiger charge is 2.27. The smallest absolute Gasteiger partial charge is 0.223 e. The molecule has 0 saturated carbocycles. The first-order valence-corrected chi connectivity index (χ1v) is 11.8. The van der Waals surface area contributed by atoms with E-state index in [1.165, 1.54) is 5.56 Å². The van der Waals surface area contributed by atoms with E-state index in [9.17, 15) is 4.79 Å². The van der Waals surface area contributed by atoms with Crippen molar-refractivity contribution in [2.24, 2.45) is 5.92 Å². The van der Waals surface area contributed by atoms with E-state index >= 15 is 0 Å². The second kappa shape index (κ2) is 9.97. The predicted molar refractivity (Wildman–Crippen MR) is 125 cm³/mol. The van der Waals surface area contributed by atoms with Crippen LogP contribution >= 0.6 is 34.5 Å². The van der Waals surface area contributed by atoms with Gasteiger partial charge in [-0.25, -0.2) is 0 Å². The van der Waals surface area contributed by atoms with E-state index < -0.39 is 0 Å². The van der Waals surface area contributed by atoms with Gasteiger partial charge in [0.15, 0.2) is 0 Å². The van der Waals surface area contributed by atoms with Gasteiger partial charge < -0.3 is 5.32 Å². The van der Waals surface area contributed by atoms with Gasteiger partial charge in [-0.3, -0.25) is 9.69 Å². The van der Waals surface area contributed by atoms with Gasteiger partial charge in [0.1, 0.15) is 0 Å². The number of piperidine rings is 1. The second-order valence-corrected chi connectivity index (χ2v) is 9.38. The molecular formula is C24H24Cl2N2OS. The standard InChI is InChI=1S/C24H24Cl2N2OS/c25-21-6-4-18(5-7-21)23(20-10-13-30-16-20)27-24(29)19-8-11-28(12-9-19)15-17-2-1-3-22(26)14-17/h1-7,10,13-14,16,19,23H,8-9,11-12,15H2,(H,27,29). The summed E-state index contributed by atoms with van der Waals surface area (Å²) in [4.78, 5) is 15.5. The van der Waals surface area contributed by atoms with Gasteiger partial charge >= 0.3 is 0 Å². The highest BCUT2D eigenvalue weighted by molar-refractivity contribution is 7.08. The zero-order chi connectivity index (χ0) is 20.9. The van der Waals surface area contributed by atoms with E-state index in [2.05, 4.69) is 27.7 Å². The van der Waals surface area contributed by atoms with Crippen molar-refractivity contribution in [3.63, 3.8) is 0 Å². The summed E-state index contributed by atoms with van der Waals surface area (Å²) in [7, 11) is 0. The van der Waals surface area contributed by atoms with E-state index in [4.69, 9.17) is 23.2 Å². The van der Waals surface area contributed by atoms with Crippen LogP contribution in [-0.2, 0) is 11.3 Å². The van der Waals surface area contributed by atoms with Crippen LogP contribution in [0.4, 0.5) is 0 Å². The lowest BCUT2D eigenvalue weighted by Crippen LogP contribution is -2.41. The van der Waals surface area contributed by atoms with Crippen LogP contribution in [0.2, 0.25) is 10.0 Å².